The van der Waals surface area contributed by atoms with E-state index in [1.807, 2.05) is 40.8 Å². The molecule has 1 saturated heterocycles. The zero-order valence-electron chi connectivity index (χ0n) is 14.1. The maximum atomic E-state index is 12.3. The molecule has 1 amide bonds. The molecule has 0 aliphatic carbocycles. The van der Waals surface area contributed by atoms with Gasteiger partial charge in [-0.1, -0.05) is 23.9 Å². The fourth-order valence-corrected chi connectivity index (χ4v) is 3.63. The lowest BCUT2D eigenvalue weighted by Gasteiger charge is -2.26. The fraction of sp³-hybridized carbons (Fsp3) is 0.471. The number of amides is 1. The number of rotatable bonds is 5. The third-order valence-corrected chi connectivity index (χ3v) is 5.20. The van der Waals surface area contributed by atoms with E-state index in [9.17, 15) is 4.79 Å². The second-order valence-corrected chi connectivity index (χ2v) is 6.77. The lowest BCUT2D eigenvalue weighted by molar-refractivity contribution is -0.129. The molecule has 1 fully saturated rings. The third kappa shape index (κ3) is 3.72. The Morgan fingerprint density at radius 3 is 2.79 bits per heavy atom. The highest BCUT2D eigenvalue weighted by atomic mass is 32.2. The predicted molar refractivity (Wildman–Crippen MR) is 94.1 cm³/mol. The number of hydrogen-bond acceptors (Lipinski definition) is 5. The Hall–Kier alpha value is -2.02. The second kappa shape index (κ2) is 7.70. The van der Waals surface area contributed by atoms with Crippen molar-refractivity contribution in [2.24, 2.45) is 7.05 Å². The van der Waals surface area contributed by atoms with Crippen molar-refractivity contribution in [2.45, 2.75) is 24.4 Å². The van der Waals surface area contributed by atoms with Crippen molar-refractivity contribution in [3.63, 3.8) is 0 Å². The van der Waals surface area contributed by atoms with E-state index in [-0.39, 0.29) is 5.91 Å². The van der Waals surface area contributed by atoms with Gasteiger partial charge in [-0.25, -0.2) is 0 Å². The normalized spacial score (nSPS) is 14.7. The van der Waals surface area contributed by atoms with Crippen molar-refractivity contribution >= 4 is 17.7 Å². The molecule has 0 radical (unpaired) electrons. The smallest absolute Gasteiger partial charge is 0.233 e. The first kappa shape index (κ1) is 16.8. The quantitative estimate of drug-likeness (QED) is 0.779. The van der Waals surface area contributed by atoms with Crippen LogP contribution in [-0.4, -0.2) is 51.5 Å². The number of methoxy groups -OCH3 is 1. The molecule has 7 heteroatoms. The number of nitrogens with zero attached hydrogens (tertiary/aromatic N) is 4. The van der Waals surface area contributed by atoms with E-state index >= 15 is 0 Å². The lowest BCUT2D eigenvalue weighted by atomic mass is 10.1. The highest BCUT2D eigenvalue weighted by molar-refractivity contribution is 7.99. The number of benzene rings is 1. The molecular formula is C17H22N4O2S. The van der Waals surface area contributed by atoms with E-state index in [2.05, 4.69) is 10.2 Å². The standard InChI is InChI=1S/C17H22N4O2S/c1-20-16(13-7-6-8-14(11-13)23-2)18-19-17(20)24-12-15(22)21-9-4-3-5-10-21/h6-8,11H,3-5,9-10,12H2,1-2H3. The minimum absolute atomic E-state index is 0.186. The van der Waals surface area contributed by atoms with Crippen molar-refractivity contribution < 1.29 is 9.53 Å². The molecule has 0 atom stereocenters. The van der Waals surface area contributed by atoms with Crippen LogP contribution < -0.4 is 4.74 Å². The Morgan fingerprint density at radius 2 is 2.04 bits per heavy atom. The Balaban J connectivity index is 1.67. The van der Waals surface area contributed by atoms with Crippen LogP contribution in [0.1, 0.15) is 19.3 Å². The minimum atomic E-state index is 0.186. The molecule has 2 aromatic rings. The molecule has 128 valence electrons. The number of carbonyl (C=O) groups is 1. The highest BCUT2D eigenvalue weighted by Crippen LogP contribution is 2.25. The average molecular weight is 346 g/mol. The number of carbonyl (C=O) groups excluding carboxylic acids is 1. The van der Waals surface area contributed by atoms with E-state index < -0.39 is 0 Å². The minimum Gasteiger partial charge on any atom is -0.497 e. The van der Waals surface area contributed by atoms with Crippen LogP contribution >= 0.6 is 11.8 Å². The summed E-state index contributed by atoms with van der Waals surface area (Å²) in [7, 11) is 3.56. The molecule has 1 aliphatic heterocycles. The lowest BCUT2D eigenvalue weighted by Crippen LogP contribution is -2.36. The van der Waals surface area contributed by atoms with Gasteiger partial charge in [-0.15, -0.1) is 10.2 Å². The van der Waals surface area contributed by atoms with Crippen LogP contribution in [0.25, 0.3) is 11.4 Å². The largest absolute Gasteiger partial charge is 0.497 e. The Kier molecular flexibility index (Phi) is 5.40. The van der Waals surface area contributed by atoms with Gasteiger partial charge in [-0.3, -0.25) is 4.79 Å². The molecule has 2 heterocycles. The highest BCUT2D eigenvalue weighted by Gasteiger charge is 2.18. The summed E-state index contributed by atoms with van der Waals surface area (Å²) in [6.07, 6.45) is 3.45. The van der Waals surface area contributed by atoms with Gasteiger partial charge >= 0.3 is 0 Å². The molecule has 1 aliphatic rings. The Labute approximate surface area is 146 Å². The summed E-state index contributed by atoms with van der Waals surface area (Å²) >= 11 is 1.44. The van der Waals surface area contributed by atoms with Crippen LogP contribution in [0.4, 0.5) is 0 Å². The SMILES string of the molecule is COc1cccc(-c2nnc(SCC(=O)N3CCCCC3)n2C)c1. The number of hydrogen-bond donors (Lipinski definition) is 0. The molecule has 1 aromatic heterocycles. The molecule has 0 bridgehead atoms. The van der Waals surface area contributed by atoms with Crippen molar-refractivity contribution in [1.29, 1.82) is 0 Å². The first-order valence-electron chi connectivity index (χ1n) is 8.13. The number of likely N-dealkylation sites (tertiary alicyclic amines) is 1. The van der Waals surface area contributed by atoms with Crippen molar-refractivity contribution in [3.05, 3.63) is 24.3 Å². The van der Waals surface area contributed by atoms with Crippen molar-refractivity contribution in [2.75, 3.05) is 26.0 Å². The van der Waals surface area contributed by atoms with Gasteiger partial charge in [0.2, 0.25) is 5.91 Å². The maximum absolute atomic E-state index is 12.3. The average Bonchev–Trinajstić information content (AvgIpc) is 3.01. The first-order chi connectivity index (χ1) is 11.7. The molecule has 0 spiro atoms. The zero-order chi connectivity index (χ0) is 16.9. The third-order valence-electron chi connectivity index (χ3n) is 4.20. The van der Waals surface area contributed by atoms with Crippen LogP contribution in [0.5, 0.6) is 5.75 Å². The summed E-state index contributed by atoms with van der Waals surface area (Å²) < 4.78 is 7.18. The number of thioether (sulfide) groups is 1. The zero-order valence-corrected chi connectivity index (χ0v) is 14.9. The van der Waals surface area contributed by atoms with Gasteiger partial charge in [0.15, 0.2) is 11.0 Å². The van der Waals surface area contributed by atoms with Gasteiger partial charge in [0.1, 0.15) is 5.75 Å². The van der Waals surface area contributed by atoms with Gasteiger partial charge < -0.3 is 14.2 Å². The molecule has 6 nitrogen and oxygen atoms in total. The monoisotopic (exact) mass is 346 g/mol. The van der Waals surface area contributed by atoms with E-state index in [1.54, 1.807) is 7.11 Å². The van der Waals surface area contributed by atoms with Gasteiger partial charge in [0.05, 0.1) is 12.9 Å². The summed E-state index contributed by atoms with van der Waals surface area (Å²) in [5.41, 5.74) is 0.943. The summed E-state index contributed by atoms with van der Waals surface area (Å²) in [4.78, 5) is 14.2. The number of ether oxygens (including phenoxy) is 1. The maximum Gasteiger partial charge on any atom is 0.233 e. The van der Waals surface area contributed by atoms with E-state index in [0.29, 0.717) is 5.75 Å². The first-order valence-corrected chi connectivity index (χ1v) is 9.12. The molecule has 1 aromatic carbocycles. The molecule has 0 N–H and O–H groups in total. The van der Waals surface area contributed by atoms with Gasteiger partial charge in [-0.05, 0) is 31.4 Å². The van der Waals surface area contributed by atoms with Crippen LogP contribution in [0, 0.1) is 0 Å². The van der Waals surface area contributed by atoms with Crippen LogP contribution in [0.15, 0.2) is 29.4 Å². The van der Waals surface area contributed by atoms with Crippen molar-refractivity contribution in [1.82, 2.24) is 19.7 Å². The summed E-state index contributed by atoms with van der Waals surface area (Å²) in [5.74, 6) is 2.14. The van der Waals surface area contributed by atoms with Crippen LogP contribution in [0.2, 0.25) is 0 Å². The Bertz CT molecular complexity index is 710. The topological polar surface area (TPSA) is 60.3 Å². The van der Waals surface area contributed by atoms with E-state index in [4.69, 9.17) is 4.74 Å². The molecular weight excluding hydrogens is 324 g/mol. The molecule has 0 saturated carbocycles. The van der Waals surface area contributed by atoms with E-state index in [1.165, 1.54) is 18.2 Å². The van der Waals surface area contributed by atoms with Crippen LogP contribution in [0.3, 0.4) is 0 Å². The molecule has 3 rings (SSSR count). The number of piperidine rings is 1. The summed E-state index contributed by atoms with van der Waals surface area (Å²) in [5, 5.41) is 9.24. The number of aromatic nitrogens is 3. The summed E-state index contributed by atoms with van der Waals surface area (Å²) in [6.45, 7) is 1.76. The fourth-order valence-electron chi connectivity index (χ4n) is 2.82. The van der Waals surface area contributed by atoms with Gasteiger partial charge in [0.25, 0.3) is 0 Å². The molecule has 24 heavy (non-hydrogen) atoms. The summed E-state index contributed by atoms with van der Waals surface area (Å²) in [6, 6.07) is 7.72. The van der Waals surface area contributed by atoms with E-state index in [0.717, 1.165) is 48.2 Å². The van der Waals surface area contributed by atoms with Crippen molar-refractivity contribution in [3.8, 4) is 17.1 Å². The molecule has 0 unspecified atom stereocenters. The van der Waals surface area contributed by atoms with Crippen LogP contribution in [-0.2, 0) is 11.8 Å². The van der Waals surface area contributed by atoms with Gasteiger partial charge in [-0.2, -0.15) is 0 Å². The Morgan fingerprint density at radius 1 is 1.25 bits per heavy atom. The van der Waals surface area contributed by atoms with Gasteiger partial charge in [0, 0.05) is 25.7 Å². The predicted octanol–water partition coefficient (Wildman–Crippen LogP) is 2.60. The second-order valence-electron chi connectivity index (χ2n) is 5.83.